The van der Waals surface area contributed by atoms with Crippen LogP contribution in [0.25, 0.3) is 22.0 Å². The number of nitrogens with zero attached hydrogens (tertiary/aromatic N) is 4. The van der Waals surface area contributed by atoms with Crippen LogP contribution in [0.1, 0.15) is 53.6 Å². The maximum atomic E-state index is 15.6. The summed E-state index contributed by atoms with van der Waals surface area (Å²) in [4.78, 5) is 14.6. The van der Waals surface area contributed by atoms with E-state index < -0.39 is 5.97 Å². The van der Waals surface area contributed by atoms with Crippen LogP contribution in [0.15, 0.2) is 12.1 Å². The molecule has 0 fully saturated rings. The van der Waals surface area contributed by atoms with Gasteiger partial charge in [0, 0.05) is 49.0 Å². The van der Waals surface area contributed by atoms with Gasteiger partial charge in [0.15, 0.2) is 0 Å². The Kier molecular flexibility index (Phi) is 6.35. The molecule has 0 atom stereocenters. The van der Waals surface area contributed by atoms with Crippen LogP contribution < -0.4 is 0 Å². The first-order valence-corrected chi connectivity index (χ1v) is 11.3. The van der Waals surface area contributed by atoms with Crippen LogP contribution in [-0.4, -0.2) is 55.6 Å². The molecule has 2 aromatic heterocycles. The van der Waals surface area contributed by atoms with E-state index in [4.69, 9.17) is 5.10 Å². The zero-order valence-corrected chi connectivity index (χ0v) is 19.0. The van der Waals surface area contributed by atoms with Crippen molar-refractivity contribution in [3.8, 4) is 11.1 Å². The summed E-state index contributed by atoms with van der Waals surface area (Å²) in [6.45, 7) is 3.94. The number of carbonyl (C=O) groups is 1. The van der Waals surface area contributed by atoms with Crippen LogP contribution >= 0.6 is 0 Å². The van der Waals surface area contributed by atoms with Crippen LogP contribution in [0.2, 0.25) is 0 Å². The predicted molar refractivity (Wildman–Crippen MR) is 121 cm³/mol. The third kappa shape index (κ3) is 3.71. The van der Waals surface area contributed by atoms with E-state index in [1.54, 1.807) is 10.6 Å². The minimum absolute atomic E-state index is 0.0289. The van der Waals surface area contributed by atoms with Gasteiger partial charge in [-0.1, -0.05) is 6.92 Å². The average molecular weight is 443 g/mol. The van der Waals surface area contributed by atoms with Crippen molar-refractivity contribution < 1.29 is 19.4 Å². The van der Waals surface area contributed by atoms with Crippen LogP contribution in [0, 0.1) is 5.82 Å². The Hall–Kier alpha value is -2.71. The fourth-order valence-electron chi connectivity index (χ4n) is 5.12. The second kappa shape index (κ2) is 9.03. The molecule has 0 aliphatic carbocycles. The van der Waals surface area contributed by atoms with E-state index in [-0.39, 0.29) is 18.1 Å². The summed E-state index contributed by atoms with van der Waals surface area (Å²) in [6, 6.07) is 3.13. The second-order valence-electron chi connectivity index (χ2n) is 8.62. The number of aromatic carboxylic acids is 1. The van der Waals surface area contributed by atoms with Crippen molar-refractivity contribution in [1.29, 1.82) is 0 Å². The van der Waals surface area contributed by atoms with E-state index >= 15 is 4.39 Å². The number of fused-ring (bicyclic) bond motifs is 2. The van der Waals surface area contributed by atoms with Crippen molar-refractivity contribution in [2.75, 3.05) is 20.2 Å². The maximum absolute atomic E-state index is 15.6. The zero-order chi connectivity index (χ0) is 23.0. The van der Waals surface area contributed by atoms with Crippen molar-refractivity contribution in [3.05, 3.63) is 40.6 Å². The summed E-state index contributed by atoms with van der Waals surface area (Å²) in [5.41, 5.74) is 4.45. The Labute approximate surface area is 187 Å². The van der Waals surface area contributed by atoms with E-state index in [9.17, 15) is 15.0 Å². The lowest BCUT2D eigenvalue weighted by molar-refractivity contribution is 0.0684. The second-order valence-corrected chi connectivity index (χ2v) is 8.62. The van der Waals surface area contributed by atoms with Crippen molar-refractivity contribution in [1.82, 2.24) is 19.2 Å². The monoisotopic (exact) mass is 442 g/mol. The number of hydrogen-bond acceptors (Lipinski definition) is 4. The molecule has 1 aliphatic rings. The number of carboxylic acid groups (broad SMARTS) is 1. The van der Waals surface area contributed by atoms with E-state index in [1.165, 1.54) is 6.07 Å². The van der Waals surface area contributed by atoms with Gasteiger partial charge in [0.05, 0.1) is 11.2 Å². The maximum Gasteiger partial charge on any atom is 0.352 e. The molecule has 1 aromatic carbocycles. The highest BCUT2D eigenvalue weighted by Crippen LogP contribution is 2.40. The highest BCUT2D eigenvalue weighted by molar-refractivity contribution is 6.04. The predicted octanol–water partition coefficient (Wildman–Crippen LogP) is 3.59. The number of rotatable bonds is 5. The molecule has 2 N–H and O–H groups in total. The Morgan fingerprint density at radius 2 is 1.94 bits per heavy atom. The molecule has 32 heavy (non-hydrogen) atoms. The summed E-state index contributed by atoms with van der Waals surface area (Å²) in [7, 11) is 3.92. The zero-order valence-electron chi connectivity index (χ0n) is 19.0. The molecular formula is C24H31FN4O3. The van der Waals surface area contributed by atoms with Gasteiger partial charge in [-0.2, -0.15) is 5.10 Å². The lowest BCUT2D eigenvalue weighted by Gasteiger charge is -2.16. The number of aromatic nitrogens is 3. The van der Waals surface area contributed by atoms with E-state index in [2.05, 4.69) is 4.90 Å². The first-order valence-electron chi connectivity index (χ1n) is 11.3. The largest absolute Gasteiger partial charge is 0.477 e. The van der Waals surface area contributed by atoms with Crippen LogP contribution in [0.5, 0.6) is 0 Å². The van der Waals surface area contributed by atoms with Gasteiger partial charge < -0.3 is 19.7 Å². The Morgan fingerprint density at radius 3 is 2.62 bits per heavy atom. The average Bonchev–Trinajstić information content (AvgIpc) is 3.22. The number of halogens is 1. The number of hydrogen-bond donors (Lipinski definition) is 2. The van der Waals surface area contributed by atoms with Crippen LogP contribution in [0.4, 0.5) is 4.39 Å². The van der Waals surface area contributed by atoms with Crippen molar-refractivity contribution in [2.24, 2.45) is 7.05 Å². The normalized spacial score (nSPS) is 15.0. The van der Waals surface area contributed by atoms with Gasteiger partial charge in [0.1, 0.15) is 11.5 Å². The van der Waals surface area contributed by atoms with Crippen molar-refractivity contribution in [2.45, 2.75) is 52.1 Å². The number of aliphatic hydroxyl groups excluding tert-OH is 1. The first kappa shape index (κ1) is 22.5. The SMILES string of the molecule is CCc1c2c(nn1C)CN(C)CCCCn1c(C(=O)O)c(CCCO)c3ccc(F)c-2c31. The van der Waals surface area contributed by atoms with Gasteiger partial charge in [-0.05, 0) is 63.4 Å². The molecule has 3 aromatic rings. The lowest BCUT2D eigenvalue weighted by atomic mass is 9.96. The van der Waals surface area contributed by atoms with Crippen molar-refractivity contribution >= 4 is 16.9 Å². The molecule has 0 bridgehead atoms. The van der Waals surface area contributed by atoms with Gasteiger partial charge >= 0.3 is 5.97 Å². The van der Waals surface area contributed by atoms with Gasteiger partial charge in [-0.25, -0.2) is 9.18 Å². The minimum atomic E-state index is -1.02. The number of carboxylic acids is 1. The van der Waals surface area contributed by atoms with Gasteiger partial charge in [-0.15, -0.1) is 0 Å². The molecule has 4 rings (SSSR count). The molecule has 0 unspecified atom stereocenters. The smallest absolute Gasteiger partial charge is 0.352 e. The molecule has 0 saturated heterocycles. The summed E-state index contributed by atoms with van der Waals surface area (Å²) in [6.07, 6.45) is 3.25. The first-order chi connectivity index (χ1) is 15.4. The summed E-state index contributed by atoms with van der Waals surface area (Å²) in [5.74, 6) is -1.39. The Bertz CT molecular complexity index is 1160. The summed E-state index contributed by atoms with van der Waals surface area (Å²) in [5, 5.41) is 25.0. The summed E-state index contributed by atoms with van der Waals surface area (Å²) >= 11 is 0. The Morgan fingerprint density at radius 1 is 1.19 bits per heavy atom. The highest BCUT2D eigenvalue weighted by Gasteiger charge is 2.29. The fourth-order valence-corrected chi connectivity index (χ4v) is 5.12. The quantitative estimate of drug-likeness (QED) is 0.631. The van der Waals surface area contributed by atoms with E-state index in [0.29, 0.717) is 49.0 Å². The highest BCUT2D eigenvalue weighted by atomic mass is 19.1. The van der Waals surface area contributed by atoms with E-state index in [1.807, 2.05) is 25.7 Å². The molecule has 1 aliphatic heterocycles. The molecule has 3 heterocycles. The summed E-state index contributed by atoms with van der Waals surface area (Å²) < 4.78 is 19.2. The molecular weight excluding hydrogens is 411 g/mol. The van der Waals surface area contributed by atoms with Gasteiger partial charge in [0.25, 0.3) is 0 Å². The lowest BCUT2D eigenvalue weighted by Crippen LogP contribution is -2.20. The van der Waals surface area contributed by atoms with Gasteiger partial charge in [0.2, 0.25) is 0 Å². The molecule has 8 heteroatoms. The number of aryl methyl sites for hydroxylation is 3. The van der Waals surface area contributed by atoms with Crippen LogP contribution in [0.3, 0.4) is 0 Å². The minimum Gasteiger partial charge on any atom is -0.477 e. The fraction of sp³-hybridized carbons (Fsp3) is 0.500. The van der Waals surface area contributed by atoms with Crippen LogP contribution in [-0.2, 0) is 33.0 Å². The molecule has 172 valence electrons. The third-order valence-electron chi connectivity index (χ3n) is 6.48. The van der Waals surface area contributed by atoms with E-state index in [0.717, 1.165) is 41.7 Å². The number of benzene rings is 1. The molecule has 0 spiro atoms. The standard InChI is InChI=1S/C24H31FN4O3/c1-4-19-21-18(26-28(19)3)14-27(2)11-5-6-12-29-22-16(9-10-17(25)20(21)22)15(8-7-13-30)23(29)24(31)32/h9-10,30H,4-8,11-14H2,1-3H3,(H,31,32). The molecule has 0 radical (unpaired) electrons. The number of aliphatic hydroxyl groups is 1. The molecule has 0 amide bonds. The molecule has 7 nitrogen and oxygen atoms in total. The van der Waals surface area contributed by atoms with Crippen molar-refractivity contribution in [3.63, 3.8) is 0 Å². The molecule has 0 saturated carbocycles. The Balaban J connectivity index is 2.15. The topological polar surface area (TPSA) is 83.5 Å². The van der Waals surface area contributed by atoms with Gasteiger partial charge in [-0.3, -0.25) is 4.68 Å². The third-order valence-corrected chi connectivity index (χ3v) is 6.48.